The SMILES string of the molecule is Cc1ccc2nccc(N(C)Cc3ccncc3)c2c1. The second-order valence-electron chi connectivity index (χ2n) is 5.06. The number of anilines is 1. The molecule has 2 heterocycles. The first-order valence-electron chi connectivity index (χ1n) is 6.69. The molecule has 0 amide bonds. The summed E-state index contributed by atoms with van der Waals surface area (Å²) in [6.07, 6.45) is 5.53. The van der Waals surface area contributed by atoms with Crippen LogP contribution in [0.25, 0.3) is 10.9 Å². The number of rotatable bonds is 3. The van der Waals surface area contributed by atoms with E-state index in [-0.39, 0.29) is 0 Å². The molecule has 0 aliphatic heterocycles. The lowest BCUT2D eigenvalue weighted by atomic mass is 10.1. The Bertz CT molecular complexity index is 723. The molecular formula is C17H17N3. The van der Waals surface area contributed by atoms with E-state index in [4.69, 9.17) is 0 Å². The zero-order valence-electron chi connectivity index (χ0n) is 11.7. The largest absolute Gasteiger partial charge is 0.370 e. The van der Waals surface area contributed by atoms with Gasteiger partial charge < -0.3 is 4.90 Å². The van der Waals surface area contributed by atoms with Gasteiger partial charge in [-0.3, -0.25) is 9.97 Å². The van der Waals surface area contributed by atoms with Gasteiger partial charge in [-0.2, -0.15) is 0 Å². The third-order valence-electron chi connectivity index (χ3n) is 3.45. The van der Waals surface area contributed by atoms with Gasteiger partial charge >= 0.3 is 0 Å². The summed E-state index contributed by atoms with van der Waals surface area (Å²) in [5.74, 6) is 0. The molecule has 3 rings (SSSR count). The molecule has 0 spiro atoms. The summed E-state index contributed by atoms with van der Waals surface area (Å²) in [6, 6.07) is 12.5. The number of aromatic nitrogens is 2. The van der Waals surface area contributed by atoms with Gasteiger partial charge in [0.1, 0.15) is 0 Å². The van der Waals surface area contributed by atoms with Gasteiger partial charge in [0.15, 0.2) is 0 Å². The lowest BCUT2D eigenvalue weighted by molar-refractivity contribution is 0.923. The fraction of sp³-hybridized carbons (Fsp3) is 0.176. The minimum absolute atomic E-state index is 0.857. The zero-order valence-corrected chi connectivity index (χ0v) is 11.7. The van der Waals surface area contributed by atoms with Crippen molar-refractivity contribution in [1.82, 2.24) is 9.97 Å². The highest BCUT2D eigenvalue weighted by atomic mass is 15.1. The van der Waals surface area contributed by atoms with Crippen molar-refractivity contribution in [2.45, 2.75) is 13.5 Å². The number of hydrogen-bond donors (Lipinski definition) is 0. The number of hydrogen-bond acceptors (Lipinski definition) is 3. The second kappa shape index (κ2) is 5.29. The Morgan fingerprint density at radius 1 is 1.00 bits per heavy atom. The molecule has 0 aliphatic rings. The van der Waals surface area contributed by atoms with Gasteiger partial charge in [0, 0.05) is 43.3 Å². The molecule has 2 aromatic heterocycles. The van der Waals surface area contributed by atoms with Crippen LogP contribution in [-0.4, -0.2) is 17.0 Å². The first-order valence-corrected chi connectivity index (χ1v) is 6.69. The van der Waals surface area contributed by atoms with Crippen LogP contribution in [0, 0.1) is 6.92 Å². The van der Waals surface area contributed by atoms with Crippen molar-refractivity contribution in [3.63, 3.8) is 0 Å². The summed E-state index contributed by atoms with van der Waals surface area (Å²) in [4.78, 5) is 10.7. The molecule has 0 fully saturated rings. The van der Waals surface area contributed by atoms with Gasteiger partial charge in [-0.05, 0) is 42.8 Å². The van der Waals surface area contributed by atoms with Gasteiger partial charge in [0.05, 0.1) is 5.52 Å². The van der Waals surface area contributed by atoms with Crippen molar-refractivity contribution in [3.8, 4) is 0 Å². The van der Waals surface area contributed by atoms with Crippen LogP contribution in [0.1, 0.15) is 11.1 Å². The minimum atomic E-state index is 0.857. The number of fused-ring (bicyclic) bond motifs is 1. The standard InChI is InChI=1S/C17H17N3/c1-13-3-4-16-15(11-13)17(7-10-19-16)20(2)12-14-5-8-18-9-6-14/h3-11H,12H2,1-2H3. The van der Waals surface area contributed by atoms with Gasteiger partial charge in [-0.15, -0.1) is 0 Å². The highest BCUT2D eigenvalue weighted by Crippen LogP contribution is 2.26. The van der Waals surface area contributed by atoms with E-state index in [1.807, 2.05) is 30.7 Å². The third kappa shape index (κ3) is 2.48. The summed E-state index contributed by atoms with van der Waals surface area (Å²) in [6.45, 7) is 2.97. The Morgan fingerprint density at radius 2 is 1.80 bits per heavy atom. The Labute approximate surface area is 118 Å². The molecule has 0 saturated heterocycles. The van der Waals surface area contributed by atoms with E-state index >= 15 is 0 Å². The molecule has 0 saturated carbocycles. The van der Waals surface area contributed by atoms with Crippen molar-refractivity contribution < 1.29 is 0 Å². The van der Waals surface area contributed by atoms with Gasteiger partial charge in [0.25, 0.3) is 0 Å². The van der Waals surface area contributed by atoms with E-state index in [2.05, 4.69) is 53.1 Å². The first kappa shape index (κ1) is 12.6. The lowest BCUT2D eigenvalue weighted by Crippen LogP contribution is -2.16. The normalized spacial score (nSPS) is 10.7. The number of nitrogens with zero attached hydrogens (tertiary/aromatic N) is 3. The quantitative estimate of drug-likeness (QED) is 0.723. The van der Waals surface area contributed by atoms with E-state index in [1.54, 1.807) is 0 Å². The highest BCUT2D eigenvalue weighted by Gasteiger charge is 2.07. The number of benzene rings is 1. The van der Waals surface area contributed by atoms with Crippen molar-refractivity contribution in [3.05, 3.63) is 66.1 Å². The summed E-state index contributed by atoms with van der Waals surface area (Å²) in [7, 11) is 2.11. The molecule has 0 aliphatic carbocycles. The van der Waals surface area contributed by atoms with Crippen LogP contribution in [0.5, 0.6) is 0 Å². The van der Waals surface area contributed by atoms with Crippen LogP contribution >= 0.6 is 0 Å². The van der Waals surface area contributed by atoms with Crippen LogP contribution in [0.2, 0.25) is 0 Å². The van der Waals surface area contributed by atoms with E-state index in [1.165, 1.54) is 22.2 Å². The lowest BCUT2D eigenvalue weighted by Gasteiger charge is -2.21. The predicted molar refractivity (Wildman–Crippen MR) is 82.8 cm³/mol. The summed E-state index contributed by atoms with van der Waals surface area (Å²) in [5, 5.41) is 1.20. The third-order valence-corrected chi connectivity index (χ3v) is 3.45. The van der Waals surface area contributed by atoms with E-state index in [0.29, 0.717) is 0 Å². The summed E-state index contributed by atoms with van der Waals surface area (Å²) >= 11 is 0. The van der Waals surface area contributed by atoms with Crippen LogP contribution in [0.4, 0.5) is 5.69 Å². The van der Waals surface area contributed by atoms with Crippen LogP contribution in [0.15, 0.2) is 55.0 Å². The maximum absolute atomic E-state index is 4.44. The Kier molecular flexibility index (Phi) is 3.33. The average molecular weight is 263 g/mol. The van der Waals surface area contributed by atoms with E-state index in [0.717, 1.165) is 12.1 Å². The topological polar surface area (TPSA) is 29.0 Å². The van der Waals surface area contributed by atoms with Crippen molar-refractivity contribution >= 4 is 16.6 Å². The molecular weight excluding hydrogens is 246 g/mol. The van der Waals surface area contributed by atoms with E-state index in [9.17, 15) is 0 Å². The molecule has 1 aromatic carbocycles. The minimum Gasteiger partial charge on any atom is -0.370 e. The van der Waals surface area contributed by atoms with Crippen LogP contribution in [0.3, 0.4) is 0 Å². The second-order valence-corrected chi connectivity index (χ2v) is 5.06. The molecule has 0 bridgehead atoms. The molecule has 100 valence electrons. The Balaban J connectivity index is 1.99. The summed E-state index contributed by atoms with van der Waals surface area (Å²) in [5.41, 5.74) is 4.74. The summed E-state index contributed by atoms with van der Waals surface area (Å²) < 4.78 is 0. The van der Waals surface area contributed by atoms with Crippen molar-refractivity contribution in [1.29, 1.82) is 0 Å². The molecule has 0 atom stereocenters. The molecule has 0 radical (unpaired) electrons. The van der Waals surface area contributed by atoms with E-state index < -0.39 is 0 Å². The maximum Gasteiger partial charge on any atom is 0.0722 e. The Morgan fingerprint density at radius 3 is 2.60 bits per heavy atom. The molecule has 0 N–H and O–H groups in total. The smallest absolute Gasteiger partial charge is 0.0722 e. The molecule has 20 heavy (non-hydrogen) atoms. The van der Waals surface area contributed by atoms with Gasteiger partial charge in [0.2, 0.25) is 0 Å². The number of pyridine rings is 2. The highest BCUT2D eigenvalue weighted by molar-refractivity contribution is 5.91. The average Bonchev–Trinajstić information content (AvgIpc) is 2.47. The zero-order chi connectivity index (χ0) is 13.9. The fourth-order valence-corrected chi connectivity index (χ4v) is 2.43. The van der Waals surface area contributed by atoms with Gasteiger partial charge in [-0.25, -0.2) is 0 Å². The predicted octanol–water partition coefficient (Wildman–Crippen LogP) is 3.57. The monoisotopic (exact) mass is 263 g/mol. The van der Waals surface area contributed by atoms with Gasteiger partial charge in [-0.1, -0.05) is 11.6 Å². The van der Waals surface area contributed by atoms with Crippen LogP contribution < -0.4 is 4.90 Å². The number of aryl methyl sites for hydroxylation is 1. The Hall–Kier alpha value is -2.42. The van der Waals surface area contributed by atoms with Crippen molar-refractivity contribution in [2.75, 3.05) is 11.9 Å². The first-order chi connectivity index (χ1) is 9.74. The fourth-order valence-electron chi connectivity index (χ4n) is 2.43. The molecule has 3 nitrogen and oxygen atoms in total. The molecule has 0 unspecified atom stereocenters. The maximum atomic E-state index is 4.44. The van der Waals surface area contributed by atoms with Crippen LogP contribution in [-0.2, 0) is 6.54 Å². The molecule has 3 heteroatoms. The van der Waals surface area contributed by atoms with Crippen molar-refractivity contribution in [2.24, 2.45) is 0 Å². The molecule has 3 aromatic rings.